The van der Waals surface area contributed by atoms with Gasteiger partial charge in [-0.25, -0.2) is 4.79 Å². The summed E-state index contributed by atoms with van der Waals surface area (Å²) >= 11 is 1.56. The van der Waals surface area contributed by atoms with E-state index in [1.165, 1.54) is 4.90 Å². The van der Waals surface area contributed by atoms with Gasteiger partial charge in [-0.15, -0.1) is 0 Å². The van der Waals surface area contributed by atoms with Gasteiger partial charge in [0.1, 0.15) is 12.1 Å². The molecule has 4 amide bonds. The Balaban J connectivity index is 1.72. The van der Waals surface area contributed by atoms with E-state index in [1.54, 1.807) is 25.3 Å². The summed E-state index contributed by atoms with van der Waals surface area (Å²) < 4.78 is 0. The fourth-order valence-electron chi connectivity index (χ4n) is 3.24. The molecule has 3 rings (SSSR count). The summed E-state index contributed by atoms with van der Waals surface area (Å²) in [6, 6.07) is 9.06. The van der Waals surface area contributed by atoms with Crippen LogP contribution in [0.15, 0.2) is 41.1 Å². The van der Waals surface area contributed by atoms with E-state index in [4.69, 9.17) is 0 Å². The number of carbonyl (C=O) groups is 3. The number of imide groups is 1. The quantitative estimate of drug-likeness (QED) is 0.758. The molecule has 0 aliphatic carbocycles. The maximum absolute atomic E-state index is 13.0. The molecule has 2 heterocycles. The van der Waals surface area contributed by atoms with Crippen molar-refractivity contribution >= 4 is 29.2 Å². The van der Waals surface area contributed by atoms with Gasteiger partial charge in [0.2, 0.25) is 5.91 Å². The molecule has 0 unspecified atom stereocenters. The lowest BCUT2D eigenvalue weighted by Crippen LogP contribution is -2.43. The molecule has 6 nitrogen and oxygen atoms in total. The first-order chi connectivity index (χ1) is 13.2. The lowest BCUT2D eigenvalue weighted by molar-refractivity contribution is -0.138. The van der Waals surface area contributed by atoms with Gasteiger partial charge in [0.25, 0.3) is 5.91 Å². The number of urea groups is 1. The zero-order valence-electron chi connectivity index (χ0n) is 16.6. The Morgan fingerprint density at radius 3 is 2.46 bits per heavy atom. The Bertz CT molecular complexity index is 877. The maximum Gasteiger partial charge on any atom is 0.325 e. The standard InChI is InChI=1S/C21H25N3O3S/c1-14(2)16-5-7-17(8-6-16)21(3)19(26)24(20(27)22-21)12-18(25)23(4)11-15-9-10-28-13-15/h5-10,13-14H,11-12H2,1-4H3,(H,22,27)/t21-/m0/s1. The summed E-state index contributed by atoms with van der Waals surface area (Å²) in [7, 11) is 1.67. The third kappa shape index (κ3) is 3.80. The predicted octanol–water partition coefficient (Wildman–Crippen LogP) is 3.30. The maximum atomic E-state index is 13.0. The summed E-state index contributed by atoms with van der Waals surface area (Å²) in [4.78, 5) is 40.5. The molecule has 148 valence electrons. The second kappa shape index (κ2) is 7.75. The first kappa shape index (κ1) is 20.1. The van der Waals surface area contributed by atoms with Crippen molar-refractivity contribution < 1.29 is 14.4 Å². The smallest absolute Gasteiger partial charge is 0.325 e. The molecule has 0 saturated carbocycles. The number of rotatable bonds is 6. The van der Waals surface area contributed by atoms with Crippen LogP contribution in [0.2, 0.25) is 0 Å². The van der Waals surface area contributed by atoms with Crippen molar-refractivity contribution in [3.8, 4) is 0 Å². The van der Waals surface area contributed by atoms with Gasteiger partial charge in [-0.3, -0.25) is 14.5 Å². The second-order valence-corrected chi connectivity index (χ2v) is 8.38. The largest absolute Gasteiger partial charge is 0.340 e. The number of amides is 4. The summed E-state index contributed by atoms with van der Waals surface area (Å²) in [5.41, 5.74) is 1.72. The molecule has 1 atom stereocenters. The molecule has 1 saturated heterocycles. The molecule has 1 aliphatic heterocycles. The van der Waals surface area contributed by atoms with Gasteiger partial charge < -0.3 is 10.2 Å². The number of hydrogen-bond acceptors (Lipinski definition) is 4. The van der Waals surface area contributed by atoms with Crippen LogP contribution in [0.25, 0.3) is 0 Å². The average molecular weight is 400 g/mol. The van der Waals surface area contributed by atoms with Gasteiger partial charge in [-0.05, 0) is 46.4 Å². The van der Waals surface area contributed by atoms with Gasteiger partial charge in [-0.1, -0.05) is 38.1 Å². The van der Waals surface area contributed by atoms with Crippen LogP contribution in [0.1, 0.15) is 43.4 Å². The van der Waals surface area contributed by atoms with E-state index in [0.717, 1.165) is 16.0 Å². The molecule has 2 aromatic rings. The number of nitrogens with zero attached hydrogens (tertiary/aromatic N) is 2. The minimum Gasteiger partial charge on any atom is -0.340 e. The van der Waals surface area contributed by atoms with E-state index in [9.17, 15) is 14.4 Å². The van der Waals surface area contributed by atoms with Gasteiger partial charge >= 0.3 is 6.03 Å². The zero-order valence-corrected chi connectivity index (χ0v) is 17.4. The summed E-state index contributed by atoms with van der Waals surface area (Å²) in [5, 5.41) is 6.67. The number of thiophene rings is 1. The molecule has 1 aromatic carbocycles. The molecule has 0 spiro atoms. The van der Waals surface area contributed by atoms with E-state index >= 15 is 0 Å². The van der Waals surface area contributed by atoms with Crippen LogP contribution in [0.4, 0.5) is 4.79 Å². The van der Waals surface area contributed by atoms with Crippen LogP contribution in [0.5, 0.6) is 0 Å². The van der Waals surface area contributed by atoms with E-state index in [-0.39, 0.29) is 12.5 Å². The molecule has 0 radical (unpaired) electrons. The Morgan fingerprint density at radius 1 is 1.21 bits per heavy atom. The van der Waals surface area contributed by atoms with Crippen molar-refractivity contribution in [2.45, 2.75) is 38.8 Å². The third-order valence-electron chi connectivity index (χ3n) is 5.15. The van der Waals surface area contributed by atoms with Crippen molar-refractivity contribution in [1.29, 1.82) is 0 Å². The average Bonchev–Trinajstić information content (AvgIpc) is 3.24. The number of benzene rings is 1. The minimum atomic E-state index is -1.17. The molecule has 1 aromatic heterocycles. The molecule has 7 heteroatoms. The third-order valence-corrected chi connectivity index (χ3v) is 5.88. The molecular formula is C21H25N3O3S. The predicted molar refractivity (Wildman–Crippen MR) is 109 cm³/mol. The summed E-state index contributed by atoms with van der Waals surface area (Å²) in [5.74, 6) is -0.315. The van der Waals surface area contributed by atoms with Crippen LogP contribution >= 0.6 is 11.3 Å². The lowest BCUT2D eigenvalue weighted by atomic mass is 9.90. The highest BCUT2D eigenvalue weighted by atomic mass is 32.1. The number of likely N-dealkylation sites (N-methyl/N-ethyl adjacent to an activating group) is 1. The second-order valence-electron chi connectivity index (χ2n) is 7.60. The topological polar surface area (TPSA) is 69.7 Å². The number of nitrogens with one attached hydrogen (secondary N) is 1. The monoisotopic (exact) mass is 399 g/mol. The molecule has 1 aliphatic rings. The summed E-state index contributed by atoms with van der Waals surface area (Å²) in [6.07, 6.45) is 0. The molecule has 0 bridgehead atoms. The first-order valence-corrected chi connectivity index (χ1v) is 10.2. The van der Waals surface area contributed by atoms with Crippen LogP contribution in [-0.2, 0) is 21.7 Å². The number of carbonyl (C=O) groups excluding carboxylic acids is 3. The van der Waals surface area contributed by atoms with Gasteiger partial charge in [0.15, 0.2) is 0 Å². The zero-order chi connectivity index (χ0) is 20.5. The van der Waals surface area contributed by atoms with Gasteiger partial charge in [0, 0.05) is 13.6 Å². The SMILES string of the molecule is CC(C)c1ccc([C@]2(C)NC(=O)N(CC(=O)N(C)Cc3ccsc3)C2=O)cc1. The van der Waals surface area contributed by atoms with E-state index in [0.29, 0.717) is 18.0 Å². The van der Waals surface area contributed by atoms with E-state index < -0.39 is 17.5 Å². The van der Waals surface area contributed by atoms with Crippen molar-refractivity contribution in [2.24, 2.45) is 0 Å². The Morgan fingerprint density at radius 2 is 1.89 bits per heavy atom. The molecule has 1 fully saturated rings. The van der Waals surface area contributed by atoms with Crippen LogP contribution in [-0.4, -0.2) is 41.2 Å². The van der Waals surface area contributed by atoms with Gasteiger partial charge in [0.05, 0.1) is 0 Å². The Kier molecular flexibility index (Phi) is 5.56. The Labute approximate surface area is 169 Å². The normalized spacial score (nSPS) is 19.2. The van der Waals surface area contributed by atoms with Crippen molar-refractivity contribution in [3.63, 3.8) is 0 Å². The van der Waals surface area contributed by atoms with Crippen LogP contribution in [0, 0.1) is 0 Å². The minimum absolute atomic E-state index is 0.273. The van der Waals surface area contributed by atoms with E-state index in [1.807, 2.05) is 41.1 Å². The van der Waals surface area contributed by atoms with Crippen molar-refractivity contribution in [3.05, 3.63) is 57.8 Å². The highest BCUT2D eigenvalue weighted by molar-refractivity contribution is 7.07. The lowest BCUT2D eigenvalue weighted by Gasteiger charge is -2.23. The van der Waals surface area contributed by atoms with Crippen molar-refractivity contribution in [1.82, 2.24) is 15.1 Å². The van der Waals surface area contributed by atoms with Crippen LogP contribution in [0.3, 0.4) is 0 Å². The van der Waals surface area contributed by atoms with E-state index in [2.05, 4.69) is 19.2 Å². The van der Waals surface area contributed by atoms with Crippen molar-refractivity contribution in [2.75, 3.05) is 13.6 Å². The molecular weight excluding hydrogens is 374 g/mol. The first-order valence-electron chi connectivity index (χ1n) is 9.22. The molecule has 28 heavy (non-hydrogen) atoms. The Hall–Kier alpha value is -2.67. The van der Waals surface area contributed by atoms with Crippen LogP contribution < -0.4 is 5.32 Å². The fourth-order valence-corrected chi connectivity index (χ4v) is 3.90. The summed E-state index contributed by atoms with van der Waals surface area (Å²) in [6.45, 7) is 6.04. The van der Waals surface area contributed by atoms with Gasteiger partial charge in [-0.2, -0.15) is 11.3 Å². The fraction of sp³-hybridized carbons (Fsp3) is 0.381. The molecule has 1 N–H and O–H groups in total. The highest BCUT2D eigenvalue weighted by Crippen LogP contribution is 2.30. The number of hydrogen-bond donors (Lipinski definition) is 1. The highest BCUT2D eigenvalue weighted by Gasteiger charge is 2.49.